The molecule has 0 atom stereocenters. The van der Waals surface area contributed by atoms with E-state index in [0.29, 0.717) is 13.0 Å². The third-order valence-electron chi connectivity index (χ3n) is 3.71. The minimum Gasteiger partial charge on any atom is -0.491 e. The Morgan fingerprint density at radius 3 is 2.82 bits per heavy atom. The van der Waals surface area contributed by atoms with Crippen LogP contribution in [0.4, 0.5) is 0 Å². The fourth-order valence-corrected chi connectivity index (χ4v) is 2.44. The quantitative estimate of drug-likeness (QED) is 0.821. The van der Waals surface area contributed by atoms with E-state index in [1.165, 1.54) is 5.57 Å². The van der Waals surface area contributed by atoms with Gasteiger partial charge in [-0.15, -0.1) is 0 Å². The normalized spacial score (nSPS) is 15.5. The number of carbonyl (C=O) groups is 1. The van der Waals surface area contributed by atoms with Crippen molar-refractivity contribution in [2.45, 2.75) is 32.8 Å². The van der Waals surface area contributed by atoms with E-state index in [2.05, 4.69) is 23.3 Å². The van der Waals surface area contributed by atoms with Gasteiger partial charge in [0.25, 0.3) is 0 Å². The zero-order valence-corrected chi connectivity index (χ0v) is 13.8. The average molecular weight is 302 g/mol. The molecule has 0 aliphatic carbocycles. The van der Waals surface area contributed by atoms with E-state index in [9.17, 15) is 4.79 Å². The lowest BCUT2D eigenvalue weighted by Crippen LogP contribution is -2.31. The van der Waals surface area contributed by atoms with E-state index >= 15 is 0 Å². The molecule has 0 saturated heterocycles. The van der Waals surface area contributed by atoms with Crippen molar-refractivity contribution in [2.24, 2.45) is 0 Å². The van der Waals surface area contributed by atoms with Crippen LogP contribution in [-0.4, -0.2) is 43.6 Å². The molecule has 1 N–H and O–H groups in total. The highest BCUT2D eigenvalue weighted by Crippen LogP contribution is 2.20. The highest BCUT2D eigenvalue weighted by molar-refractivity contribution is 5.79. The van der Waals surface area contributed by atoms with Crippen LogP contribution in [0.3, 0.4) is 0 Å². The molecule has 0 bridgehead atoms. The van der Waals surface area contributed by atoms with Crippen LogP contribution in [0, 0.1) is 0 Å². The first-order chi connectivity index (χ1) is 10.5. The van der Waals surface area contributed by atoms with Crippen LogP contribution in [0.25, 0.3) is 0 Å². The van der Waals surface area contributed by atoms with Gasteiger partial charge in [0.1, 0.15) is 5.75 Å². The molecule has 0 radical (unpaired) electrons. The van der Waals surface area contributed by atoms with Crippen molar-refractivity contribution in [3.8, 4) is 5.75 Å². The Hall–Kier alpha value is -1.81. The summed E-state index contributed by atoms with van der Waals surface area (Å²) >= 11 is 0. The zero-order chi connectivity index (χ0) is 15.9. The third-order valence-corrected chi connectivity index (χ3v) is 3.71. The van der Waals surface area contributed by atoms with E-state index in [0.717, 1.165) is 30.8 Å². The number of rotatable bonds is 6. The summed E-state index contributed by atoms with van der Waals surface area (Å²) < 4.78 is 5.76. The molecular formula is C18H26N2O2. The number of nitrogens with zero attached hydrogens (tertiary/aromatic N) is 1. The van der Waals surface area contributed by atoms with Crippen LogP contribution in [-0.2, 0) is 11.2 Å². The lowest BCUT2D eigenvalue weighted by Gasteiger charge is -2.22. The summed E-state index contributed by atoms with van der Waals surface area (Å²) in [4.78, 5) is 14.4. The molecule has 0 fully saturated rings. The van der Waals surface area contributed by atoms with E-state index in [-0.39, 0.29) is 12.0 Å². The number of likely N-dealkylation sites (N-methyl/N-ethyl adjacent to an activating group) is 1. The Balaban J connectivity index is 1.87. The van der Waals surface area contributed by atoms with Crippen LogP contribution < -0.4 is 10.1 Å². The number of ether oxygens (including phenoxy) is 1. The predicted octanol–water partition coefficient (Wildman–Crippen LogP) is 2.39. The number of carbonyl (C=O) groups excluding carboxylic acids is 1. The van der Waals surface area contributed by atoms with Crippen LogP contribution >= 0.6 is 0 Å². The number of nitrogens with one attached hydrogen (secondary N) is 1. The van der Waals surface area contributed by atoms with Gasteiger partial charge in [-0.1, -0.05) is 29.8 Å². The minimum absolute atomic E-state index is 0.0413. The summed E-state index contributed by atoms with van der Waals surface area (Å²) in [6, 6.07) is 7.74. The fraction of sp³-hybridized carbons (Fsp3) is 0.500. The first kappa shape index (κ1) is 16.6. The van der Waals surface area contributed by atoms with Gasteiger partial charge in [0.2, 0.25) is 5.91 Å². The Morgan fingerprint density at radius 1 is 1.36 bits per heavy atom. The Morgan fingerprint density at radius 2 is 2.14 bits per heavy atom. The van der Waals surface area contributed by atoms with Gasteiger partial charge in [0.05, 0.1) is 12.5 Å². The molecule has 4 nitrogen and oxygen atoms in total. The SMILES string of the molecule is CC(C)Oc1ccccc1CC(=O)NCC1=CCN(C)CC1. The maximum atomic E-state index is 12.2. The molecule has 1 aliphatic heterocycles. The molecule has 0 aromatic heterocycles. The number of hydrogen-bond acceptors (Lipinski definition) is 3. The van der Waals surface area contributed by atoms with Gasteiger partial charge in [0, 0.05) is 25.2 Å². The van der Waals surface area contributed by atoms with Crippen molar-refractivity contribution in [3.05, 3.63) is 41.5 Å². The molecule has 0 saturated carbocycles. The second-order valence-corrected chi connectivity index (χ2v) is 6.10. The maximum absolute atomic E-state index is 12.2. The van der Waals surface area contributed by atoms with E-state index in [1.807, 2.05) is 38.1 Å². The summed E-state index contributed by atoms with van der Waals surface area (Å²) in [5.74, 6) is 0.839. The Kier molecular flexibility index (Phi) is 6.01. The average Bonchev–Trinajstić information content (AvgIpc) is 2.48. The minimum atomic E-state index is 0.0413. The summed E-state index contributed by atoms with van der Waals surface area (Å²) in [5.41, 5.74) is 2.25. The van der Waals surface area contributed by atoms with Gasteiger partial charge < -0.3 is 15.0 Å². The van der Waals surface area contributed by atoms with Gasteiger partial charge in [-0.2, -0.15) is 0 Å². The molecule has 2 rings (SSSR count). The van der Waals surface area contributed by atoms with Gasteiger partial charge in [-0.25, -0.2) is 0 Å². The molecule has 1 amide bonds. The molecule has 120 valence electrons. The van der Waals surface area contributed by atoms with Crippen molar-refractivity contribution in [1.82, 2.24) is 10.2 Å². The van der Waals surface area contributed by atoms with E-state index < -0.39 is 0 Å². The molecule has 0 unspecified atom stereocenters. The largest absolute Gasteiger partial charge is 0.491 e. The predicted molar refractivity (Wildman–Crippen MR) is 89.1 cm³/mol. The Bertz CT molecular complexity index is 538. The highest BCUT2D eigenvalue weighted by Gasteiger charge is 2.12. The van der Waals surface area contributed by atoms with E-state index in [4.69, 9.17) is 4.74 Å². The van der Waals surface area contributed by atoms with Gasteiger partial charge in [-0.05, 0) is 33.4 Å². The van der Waals surface area contributed by atoms with E-state index in [1.54, 1.807) is 0 Å². The van der Waals surface area contributed by atoms with Crippen molar-refractivity contribution in [1.29, 1.82) is 0 Å². The molecule has 1 aliphatic rings. The van der Waals surface area contributed by atoms with Crippen molar-refractivity contribution in [2.75, 3.05) is 26.7 Å². The van der Waals surface area contributed by atoms with Gasteiger partial charge in [0.15, 0.2) is 0 Å². The van der Waals surface area contributed by atoms with Crippen molar-refractivity contribution < 1.29 is 9.53 Å². The standard InChI is InChI=1S/C18H26N2O2/c1-14(2)22-17-7-5-4-6-16(17)12-18(21)19-13-15-8-10-20(3)11-9-15/h4-8,14H,9-13H2,1-3H3,(H,19,21). The number of benzene rings is 1. The van der Waals surface area contributed by atoms with Crippen molar-refractivity contribution in [3.63, 3.8) is 0 Å². The molecule has 4 heteroatoms. The number of amides is 1. The monoisotopic (exact) mass is 302 g/mol. The summed E-state index contributed by atoms with van der Waals surface area (Å²) in [5, 5.41) is 3.01. The Labute approximate surface area is 133 Å². The molecular weight excluding hydrogens is 276 g/mol. The first-order valence-electron chi connectivity index (χ1n) is 7.92. The lowest BCUT2D eigenvalue weighted by molar-refractivity contribution is -0.120. The van der Waals surface area contributed by atoms with Crippen LogP contribution in [0.1, 0.15) is 25.8 Å². The first-order valence-corrected chi connectivity index (χ1v) is 7.92. The van der Waals surface area contributed by atoms with Crippen LogP contribution in [0.15, 0.2) is 35.9 Å². The molecule has 1 aromatic rings. The van der Waals surface area contributed by atoms with Gasteiger partial charge >= 0.3 is 0 Å². The maximum Gasteiger partial charge on any atom is 0.224 e. The fourth-order valence-electron chi connectivity index (χ4n) is 2.44. The molecule has 0 spiro atoms. The zero-order valence-electron chi connectivity index (χ0n) is 13.8. The van der Waals surface area contributed by atoms with Crippen LogP contribution in [0.2, 0.25) is 0 Å². The summed E-state index contributed by atoms with van der Waals surface area (Å²) in [6.45, 7) is 6.66. The summed E-state index contributed by atoms with van der Waals surface area (Å²) in [6.07, 6.45) is 3.70. The van der Waals surface area contributed by atoms with Crippen molar-refractivity contribution >= 4 is 5.91 Å². The topological polar surface area (TPSA) is 41.6 Å². The van der Waals surface area contributed by atoms with Gasteiger partial charge in [-0.3, -0.25) is 4.79 Å². The van der Waals surface area contributed by atoms with Crippen LogP contribution in [0.5, 0.6) is 5.75 Å². The number of hydrogen-bond donors (Lipinski definition) is 1. The molecule has 1 aromatic carbocycles. The smallest absolute Gasteiger partial charge is 0.224 e. The molecule has 22 heavy (non-hydrogen) atoms. The lowest BCUT2D eigenvalue weighted by atomic mass is 10.1. The third kappa shape index (κ3) is 5.19. The second kappa shape index (κ2) is 7.99. The summed E-state index contributed by atoms with van der Waals surface area (Å²) in [7, 11) is 2.11. The highest BCUT2D eigenvalue weighted by atomic mass is 16.5. The second-order valence-electron chi connectivity index (χ2n) is 6.10. The number of para-hydroxylation sites is 1. The molecule has 1 heterocycles.